The lowest BCUT2D eigenvalue weighted by molar-refractivity contribution is -0.146. The number of halogens is 3. The van der Waals surface area contributed by atoms with Crippen molar-refractivity contribution >= 4 is 0 Å². The third kappa shape index (κ3) is 12.0. The van der Waals surface area contributed by atoms with Crippen molar-refractivity contribution in [1.29, 1.82) is 0 Å². The third-order valence-corrected chi connectivity index (χ3v) is 2.62. The zero-order valence-corrected chi connectivity index (χ0v) is 10.7. The quantitative estimate of drug-likeness (QED) is 0.607. The van der Waals surface area contributed by atoms with Gasteiger partial charge in [0.15, 0.2) is 0 Å². The first-order valence-electron chi connectivity index (χ1n) is 6.48. The fourth-order valence-corrected chi connectivity index (χ4v) is 1.85. The standard InChI is InChI=1S/C12H25F3N2/c1-2-9-17(11-12(13,14)15)10-7-5-3-4-6-8-16/h2-11,16H2,1H3. The lowest BCUT2D eigenvalue weighted by Gasteiger charge is -2.22. The minimum Gasteiger partial charge on any atom is -0.330 e. The zero-order chi connectivity index (χ0) is 13.1. The smallest absolute Gasteiger partial charge is 0.330 e. The molecule has 0 aliphatic carbocycles. The molecule has 0 aliphatic rings. The van der Waals surface area contributed by atoms with Crippen LogP contribution in [0.1, 0.15) is 45.4 Å². The molecule has 0 radical (unpaired) electrons. The molecule has 0 aliphatic heterocycles. The van der Waals surface area contributed by atoms with E-state index in [1.807, 2.05) is 6.92 Å². The molecule has 0 rings (SSSR count). The molecule has 0 aromatic heterocycles. The van der Waals surface area contributed by atoms with Crippen LogP contribution >= 0.6 is 0 Å². The summed E-state index contributed by atoms with van der Waals surface area (Å²) in [4.78, 5) is 1.50. The summed E-state index contributed by atoms with van der Waals surface area (Å²) in [6, 6.07) is 0. The van der Waals surface area contributed by atoms with Crippen LogP contribution in [-0.4, -0.2) is 37.3 Å². The first-order chi connectivity index (χ1) is 7.99. The lowest BCUT2D eigenvalue weighted by Crippen LogP contribution is -2.35. The van der Waals surface area contributed by atoms with Crippen molar-refractivity contribution in [1.82, 2.24) is 4.90 Å². The number of alkyl halides is 3. The first kappa shape index (κ1) is 16.7. The van der Waals surface area contributed by atoms with Gasteiger partial charge in [-0.15, -0.1) is 0 Å². The summed E-state index contributed by atoms with van der Waals surface area (Å²) in [6.07, 6.45) is 1.71. The van der Waals surface area contributed by atoms with E-state index < -0.39 is 12.7 Å². The van der Waals surface area contributed by atoms with E-state index in [0.717, 1.165) is 38.5 Å². The van der Waals surface area contributed by atoms with Crippen molar-refractivity contribution in [3.8, 4) is 0 Å². The monoisotopic (exact) mass is 254 g/mol. The van der Waals surface area contributed by atoms with Gasteiger partial charge in [0.05, 0.1) is 6.54 Å². The number of rotatable bonds is 10. The largest absolute Gasteiger partial charge is 0.401 e. The molecule has 0 saturated carbocycles. The van der Waals surface area contributed by atoms with Crippen LogP contribution in [0, 0.1) is 0 Å². The normalized spacial score (nSPS) is 12.4. The van der Waals surface area contributed by atoms with Crippen molar-refractivity contribution in [2.24, 2.45) is 5.73 Å². The Hall–Kier alpha value is -0.290. The first-order valence-corrected chi connectivity index (χ1v) is 6.48. The maximum Gasteiger partial charge on any atom is 0.401 e. The maximum absolute atomic E-state index is 12.2. The van der Waals surface area contributed by atoms with Crippen LogP contribution in [0.15, 0.2) is 0 Å². The predicted octanol–water partition coefficient (Wildman–Crippen LogP) is 3.17. The van der Waals surface area contributed by atoms with Crippen LogP contribution in [0.25, 0.3) is 0 Å². The summed E-state index contributed by atoms with van der Waals surface area (Å²) < 4.78 is 36.7. The summed E-state index contributed by atoms with van der Waals surface area (Å²) in [6.45, 7) is 2.92. The molecule has 2 N–H and O–H groups in total. The molecule has 0 bridgehead atoms. The van der Waals surface area contributed by atoms with Crippen molar-refractivity contribution < 1.29 is 13.2 Å². The predicted molar refractivity (Wildman–Crippen MR) is 64.9 cm³/mol. The highest BCUT2D eigenvalue weighted by atomic mass is 19.4. The fourth-order valence-electron chi connectivity index (χ4n) is 1.85. The van der Waals surface area contributed by atoms with Crippen molar-refractivity contribution in [3.63, 3.8) is 0 Å². The van der Waals surface area contributed by atoms with E-state index in [1.165, 1.54) is 4.90 Å². The topological polar surface area (TPSA) is 29.3 Å². The van der Waals surface area contributed by atoms with E-state index in [-0.39, 0.29) is 0 Å². The Morgan fingerprint density at radius 3 is 2.06 bits per heavy atom. The average Bonchev–Trinajstić information content (AvgIpc) is 2.21. The molecule has 0 aromatic rings. The Morgan fingerprint density at radius 1 is 0.941 bits per heavy atom. The van der Waals surface area contributed by atoms with Gasteiger partial charge in [0.25, 0.3) is 0 Å². The maximum atomic E-state index is 12.2. The fraction of sp³-hybridized carbons (Fsp3) is 1.00. The summed E-state index contributed by atoms with van der Waals surface area (Å²) in [5.41, 5.74) is 5.37. The van der Waals surface area contributed by atoms with Crippen molar-refractivity contribution in [2.75, 3.05) is 26.2 Å². The number of unbranched alkanes of at least 4 members (excludes halogenated alkanes) is 4. The van der Waals surface area contributed by atoms with Crippen LogP contribution < -0.4 is 5.73 Å². The number of nitrogens with two attached hydrogens (primary N) is 1. The molecule has 104 valence electrons. The Bertz CT molecular complexity index is 172. The molecule has 0 atom stereocenters. The Balaban J connectivity index is 3.63. The van der Waals surface area contributed by atoms with Gasteiger partial charge in [0.2, 0.25) is 0 Å². The van der Waals surface area contributed by atoms with Crippen LogP contribution in [0.4, 0.5) is 13.2 Å². The number of hydrogen-bond donors (Lipinski definition) is 1. The molecular weight excluding hydrogens is 229 g/mol. The highest BCUT2D eigenvalue weighted by Crippen LogP contribution is 2.17. The lowest BCUT2D eigenvalue weighted by atomic mass is 10.1. The SMILES string of the molecule is CCCN(CCCCCCCN)CC(F)(F)F. The molecule has 0 aromatic carbocycles. The van der Waals surface area contributed by atoms with E-state index in [9.17, 15) is 13.2 Å². The molecule has 5 heteroatoms. The second-order valence-corrected chi connectivity index (χ2v) is 4.45. The van der Waals surface area contributed by atoms with Crippen LogP contribution in [-0.2, 0) is 0 Å². The minimum absolute atomic E-state index is 0.530. The van der Waals surface area contributed by atoms with Crippen molar-refractivity contribution in [3.05, 3.63) is 0 Å². The van der Waals surface area contributed by atoms with E-state index >= 15 is 0 Å². The van der Waals surface area contributed by atoms with Crippen molar-refractivity contribution in [2.45, 2.75) is 51.6 Å². The summed E-state index contributed by atoms with van der Waals surface area (Å²) in [7, 11) is 0. The molecule has 2 nitrogen and oxygen atoms in total. The van der Waals surface area contributed by atoms with Gasteiger partial charge in [-0.3, -0.25) is 4.90 Å². The van der Waals surface area contributed by atoms with Gasteiger partial charge in [0, 0.05) is 0 Å². The third-order valence-electron chi connectivity index (χ3n) is 2.62. The van der Waals surface area contributed by atoms with Crippen LogP contribution in [0.3, 0.4) is 0 Å². The highest BCUT2D eigenvalue weighted by molar-refractivity contribution is 4.63. The van der Waals surface area contributed by atoms with Crippen LogP contribution in [0.2, 0.25) is 0 Å². The summed E-state index contributed by atoms with van der Waals surface area (Å²) >= 11 is 0. The van der Waals surface area contributed by atoms with Gasteiger partial charge >= 0.3 is 6.18 Å². The van der Waals surface area contributed by atoms with Gasteiger partial charge < -0.3 is 5.73 Å². The second-order valence-electron chi connectivity index (χ2n) is 4.45. The molecule has 0 amide bonds. The Labute approximate surface area is 102 Å². The minimum atomic E-state index is -4.07. The number of nitrogens with zero attached hydrogens (tertiary/aromatic N) is 1. The Morgan fingerprint density at radius 2 is 1.53 bits per heavy atom. The average molecular weight is 254 g/mol. The van der Waals surface area contributed by atoms with Gasteiger partial charge in [0.1, 0.15) is 0 Å². The molecule has 17 heavy (non-hydrogen) atoms. The molecule has 0 unspecified atom stereocenters. The van der Waals surface area contributed by atoms with E-state index in [1.54, 1.807) is 0 Å². The summed E-state index contributed by atoms with van der Waals surface area (Å²) in [5, 5.41) is 0. The molecular formula is C12H25F3N2. The Kier molecular flexibility index (Phi) is 9.55. The molecule has 0 saturated heterocycles. The highest BCUT2D eigenvalue weighted by Gasteiger charge is 2.29. The van der Waals surface area contributed by atoms with Gasteiger partial charge in [-0.25, -0.2) is 0 Å². The molecule has 0 spiro atoms. The van der Waals surface area contributed by atoms with E-state index in [2.05, 4.69) is 0 Å². The van der Waals surface area contributed by atoms with E-state index in [4.69, 9.17) is 5.73 Å². The summed E-state index contributed by atoms with van der Waals surface area (Å²) in [5.74, 6) is 0. The molecule has 0 heterocycles. The van der Waals surface area contributed by atoms with Crippen LogP contribution in [0.5, 0.6) is 0 Å². The second kappa shape index (κ2) is 9.71. The van der Waals surface area contributed by atoms with Gasteiger partial charge in [-0.1, -0.05) is 26.2 Å². The van der Waals surface area contributed by atoms with Gasteiger partial charge in [-0.05, 0) is 38.9 Å². The van der Waals surface area contributed by atoms with Gasteiger partial charge in [-0.2, -0.15) is 13.2 Å². The molecule has 0 fully saturated rings. The zero-order valence-electron chi connectivity index (χ0n) is 10.7. The van der Waals surface area contributed by atoms with E-state index in [0.29, 0.717) is 19.6 Å². The number of hydrogen-bond acceptors (Lipinski definition) is 2.